The molecule has 19 heavy (non-hydrogen) atoms. The fourth-order valence-electron chi connectivity index (χ4n) is 2.69. The van der Waals surface area contributed by atoms with E-state index >= 15 is 0 Å². The highest BCUT2D eigenvalue weighted by Crippen LogP contribution is 2.39. The van der Waals surface area contributed by atoms with Crippen molar-refractivity contribution in [3.8, 4) is 5.75 Å². The molecule has 4 heteroatoms. The number of Topliss-reactive ketones (excluding diaryl/α,β-unsaturated/α-hetero) is 1. The van der Waals surface area contributed by atoms with Crippen LogP contribution in [0.3, 0.4) is 0 Å². The standard InChI is InChI=1S/C15H14O4/c1-18-13-8-11(16)9-15(14(13)17)7-6-10-4-2-3-5-12(10)19-15/h2-5,8H,6-7,9H2,1H3. The van der Waals surface area contributed by atoms with Gasteiger partial charge < -0.3 is 9.47 Å². The Kier molecular flexibility index (Phi) is 2.66. The molecule has 1 spiro atoms. The molecule has 3 rings (SSSR count). The summed E-state index contributed by atoms with van der Waals surface area (Å²) in [5, 5.41) is 0. The molecular formula is C15H14O4. The third-order valence-electron chi connectivity index (χ3n) is 3.69. The molecule has 4 nitrogen and oxygen atoms in total. The minimum absolute atomic E-state index is 0.0903. The van der Waals surface area contributed by atoms with Crippen LogP contribution in [0.25, 0.3) is 0 Å². The van der Waals surface area contributed by atoms with Gasteiger partial charge >= 0.3 is 0 Å². The Morgan fingerprint density at radius 2 is 2.05 bits per heavy atom. The van der Waals surface area contributed by atoms with Crippen molar-refractivity contribution in [1.82, 2.24) is 0 Å². The number of fused-ring (bicyclic) bond motifs is 1. The molecule has 0 fully saturated rings. The number of rotatable bonds is 1. The maximum atomic E-state index is 12.4. The van der Waals surface area contributed by atoms with Gasteiger partial charge in [-0.2, -0.15) is 0 Å². The first-order valence-corrected chi connectivity index (χ1v) is 6.25. The van der Waals surface area contributed by atoms with Gasteiger partial charge in [0.05, 0.1) is 13.5 Å². The average molecular weight is 258 g/mol. The van der Waals surface area contributed by atoms with E-state index in [4.69, 9.17) is 9.47 Å². The fraction of sp³-hybridized carbons (Fsp3) is 0.333. The average Bonchev–Trinajstić information content (AvgIpc) is 2.43. The molecule has 0 bridgehead atoms. The van der Waals surface area contributed by atoms with Crippen LogP contribution < -0.4 is 4.74 Å². The summed E-state index contributed by atoms with van der Waals surface area (Å²) < 4.78 is 10.9. The van der Waals surface area contributed by atoms with Crippen molar-refractivity contribution in [1.29, 1.82) is 0 Å². The summed E-state index contributed by atoms with van der Waals surface area (Å²) in [6.07, 6.45) is 2.59. The second kappa shape index (κ2) is 4.23. The normalized spacial score (nSPS) is 25.6. The van der Waals surface area contributed by atoms with Gasteiger partial charge in [0.2, 0.25) is 5.78 Å². The smallest absolute Gasteiger partial charge is 0.241 e. The van der Waals surface area contributed by atoms with Crippen LogP contribution in [0.5, 0.6) is 5.75 Å². The molecule has 0 saturated heterocycles. The summed E-state index contributed by atoms with van der Waals surface area (Å²) >= 11 is 0. The Morgan fingerprint density at radius 3 is 2.84 bits per heavy atom. The van der Waals surface area contributed by atoms with Crippen molar-refractivity contribution < 1.29 is 19.1 Å². The zero-order chi connectivity index (χ0) is 13.5. The van der Waals surface area contributed by atoms with Crippen LogP contribution in [-0.4, -0.2) is 24.3 Å². The van der Waals surface area contributed by atoms with E-state index < -0.39 is 5.60 Å². The predicted octanol–water partition coefficient (Wildman–Crippen LogP) is 1.82. The van der Waals surface area contributed by atoms with Gasteiger partial charge in [-0.15, -0.1) is 0 Å². The molecule has 0 N–H and O–H groups in total. The number of carbonyl (C=O) groups excluding carboxylic acids is 2. The number of hydrogen-bond acceptors (Lipinski definition) is 4. The molecule has 1 unspecified atom stereocenters. The molecule has 0 aromatic heterocycles. The Morgan fingerprint density at radius 1 is 1.26 bits per heavy atom. The molecular weight excluding hydrogens is 244 g/mol. The summed E-state index contributed by atoms with van der Waals surface area (Å²) in [6, 6.07) is 7.61. The van der Waals surface area contributed by atoms with Crippen LogP contribution in [0.2, 0.25) is 0 Å². The summed E-state index contributed by atoms with van der Waals surface area (Å²) in [7, 11) is 1.40. The molecule has 1 aromatic rings. The lowest BCUT2D eigenvalue weighted by Crippen LogP contribution is -2.51. The minimum Gasteiger partial charge on any atom is -0.493 e. The maximum Gasteiger partial charge on any atom is 0.241 e. The first-order chi connectivity index (χ1) is 9.14. The van der Waals surface area contributed by atoms with Gasteiger partial charge in [0, 0.05) is 6.08 Å². The molecule has 1 aromatic carbocycles. The number of hydrogen-bond donors (Lipinski definition) is 0. The third-order valence-corrected chi connectivity index (χ3v) is 3.69. The number of benzene rings is 1. The second-order valence-electron chi connectivity index (χ2n) is 4.89. The van der Waals surface area contributed by atoms with Crippen LogP contribution in [0, 0.1) is 0 Å². The van der Waals surface area contributed by atoms with Crippen LogP contribution in [-0.2, 0) is 20.7 Å². The highest BCUT2D eigenvalue weighted by molar-refractivity contribution is 6.12. The Bertz CT molecular complexity index is 588. The number of carbonyl (C=O) groups is 2. The van der Waals surface area contributed by atoms with Crippen LogP contribution in [0.15, 0.2) is 36.1 Å². The minimum atomic E-state index is -1.08. The molecule has 1 heterocycles. The monoisotopic (exact) mass is 258 g/mol. The number of methoxy groups -OCH3 is 1. The molecule has 1 aliphatic heterocycles. The van der Waals surface area contributed by atoms with Gasteiger partial charge in [0.15, 0.2) is 17.1 Å². The van der Waals surface area contributed by atoms with Crippen molar-refractivity contribution in [3.05, 3.63) is 41.7 Å². The number of aryl methyl sites for hydroxylation is 1. The lowest BCUT2D eigenvalue weighted by atomic mass is 9.79. The number of allylic oxidation sites excluding steroid dienone is 1. The predicted molar refractivity (Wildman–Crippen MR) is 67.8 cm³/mol. The largest absolute Gasteiger partial charge is 0.493 e. The van der Waals surface area contributed by atoms with Gasteiger partial charge in [-0.05, 0) is 24.5 Å². The van der Waals surface area contributed by atoms with Crippen molar-refractivity contribution in [2.24, 2.45) is 0 Å². The van der Waals surface area contributed by atoms with Crippen molar-refractivity contribution in [2.45, 2.75) is 24.9 Å². The van der Waals surface area contributed by atoms with Gasteiger partial charge in [-0.25, -0.2) is 0 Å². The van der Waals surface area contributed by atoms with Gasteiger partial charge in [0.25, 0.3) is 0 Å². The Labute approximate surface area is 111 Å². The third kappa shape index (κ3) is 1.84. The summed E-state index contributed by atoms with van der Waals surface area (Å²) in [5.74, 6) is 0.419. The first kappa shape index (κ1) is 12.0. The quantitative estimate of drug-likeness (QED) is 0.771. The van der Waals surface area contributed by atoms with Crippen molar-refractivity contribution in [2.75, 3.05) is 7.11 Å². The highest BCUT2D eigenvalue weighted by atomic mass is 16.5. The van der Waals surface area contributed by atoms with Gasteiger partial charge in [-0.3, -0.25) is 9.59 Å². The van der Waals surface area contributed by atoms with Gasteiger partial charge in [-0.1, -0.05) is 18.2 Å². The van der Waals surface area contributed by atoms with E-state index in [0.717, 1.165) is 12.0 Å². The summed E-state index contributed by atoms with van der Waals surface area (Å²) in [4.78, 5) is 24.2. The molecule has 0 radical (unpaired) electrons. The van der Waals surface area contributed by atoms with Crippen molar-refractivity contribution in [3.63, 3.8) is 0 Å². The highest BCUT2D eigenvalue weighted by Gasteiger charge is 2.49. The van der Waals surface area contributed by atoms with Crippen LogP contribution in [0.1, 0.15) is 18.4 Å². The van der Waals surface area contributed by atoms with E-state index in [1.807, 2.05) is 24.3 Å². The molecule has 2 aliphatic rings. The van der Waals surface area contributed by atoms with E-state index in [9.17, 15) is 9.59 Å². The van der Waals surface area contributed by atoms with Crippen LogP contribution >= 0.6 is 0 Å². The molecule has 98 valence electrons. The van der Waals surface area contributed by atoms with E-state index in [-0.39, 0.29) is 23.7 Å². The van der Waals surface area contributed by atoms with E-state index in [2.05, 4.69) is 0 Å². The van der Waals surface area contributed by atoms with Crippen molar-refractivity contribution >= 4 is 11.6 Å². The summed E-state index contributed by atoms with van der Waals surface area (Å²) in [5.41, 5.74) is -0.00665. The number of ether oxygens (including phenoxy) is 2. The number of ketones is 2. The molecule has 1 aliphatic carbocycles. The summed E-state index contributed by atoms with van der Waals surface area (Å²) in [6.45, 7) is 0. The lowest BCUT2D eigenvalue weighted by molar-refractivity contribution is -0.141. The molecule has 0 amide bonds. The van der Waals surface area contributed by atoms with E-state index in [1.54, 1.807) is 0 Å². The van der Waals surface area contributed by atoms with E-state index in [1.165, 1.54) is 13.2 Å². The number of para-hydroxylation sites is 1. The van der Waals surface area contributed by atoms with E-state index in [0.29, 0.717) is 12.2 Å². The SMILES string of the molecule is COC1=CC(=O)CC2(CCc3ccccc3O2)C1=O. The fourth-order valence-corrected chi connectivity index (χ4v) is 2.69. The Hall–Kier alpha value is -2.10. The first-order valence-electron chi connectivity index (χ1n) is 6.25. The topological polar surface area (TPSA) is 52.6 Å². The molecule has 0 saturated carbocycles. The van der Waals surface area contributed by atoms with Gasteiger partial charge in [0.1, 0.15) is 5.75 Å². The maximum absolute atomic E-state index is 12.4. The zero-order valence-electron chi connectivity index (χ0n) is 10.6. The molecule has 1 atom stereocenters. The second-order valence-corrected chi connectivity index (χ2v) is 4.89. The Balaban J connectivity index is 2.00. The lowest BCUT2D eigenvalue weighted by Gasteiger charge is -2.38. The zero-order valence-corrected chi connectivity index (χ0v) is 10.6. The van der Waals surface area contributed by atoms with Crippen LogP contribution in [0.4, 0.5) is 0 Å².